The van der Waals surface area contributed by atoms with Crippen LogP contribution in [0.4, 0.5) is 0 Å². The third-order valence-corrected chi connectivity index (χ3v) is 5.15. The Hall–Kier alpha value is -1.02. The van der Waals surface area contributed by atoms with E-state index in [0.717, 1.165) is 0 Å². The molecule has 0 aliphatic rings. The van der Waals surface area contributed by atoms with E-state index in [1.54, 1.807) is 39.8 Å². The van der Waals surface area contributed by atoms with Crippen molar-refractivity contribution < 1.29 is 13.5 Å². The second kappa shape index (κ2) is 6.39. The maximum atomic E-state index is 12.6. The van der Waals surface area contributed by atoms with E-state index in [9.17, 15) is 13.5 Å². The zero-order chi connectivity index (χ0) is 16.4. The Labute approximate surface area is 131 Å². The van der Waals surface area contributed by atoms with Crippen molar-refractivity contribution in [2.45, 2.75) is 38.2 Å². The second-order valence-corrected chi connectivity index (χ2v) is 7.96. The fourth-order valence-electron chi connectivity index (χ4n) is 2.02. The molecule has 0 fully saturated rings. The predicted octanol–water partition coefficient (Wildman–Crippen LogP) is 1.41. The average Bonchev–Trinajstić information content (AvgIpc) is 2.34. The highest BCUT2D eigenvalue weighted by atomic mass is 32.2. The van der Waals surface area contributed by atoms with Crippen molar-refractivity contribution in [3.05, 3.63) is 29.3 Å². The summed E-state index contributed by atoms with van der Waals surface area (Å²) >= 11 is 4.92. The van der Waals surface area contributed by atoms with Gasteiger partial charge in [0.15, 0.2) is 0 Å². The first kappa shape index (κ1) is 18.0. The third kappa shape index (κ3) is 4.47. The van der Waals surface area contributed by atoms with Crippen LogP contribution in [0, 0.1) is 6.92 Å². The number of aliphatic hydroxyl groups is 1. The molecule has 1 aromatic rings. The van der Waals surface area contributed by atoms with Gasteiger partial charge in [0.25, 0.3) is 0 Å². The third-order valence-electron chi connectivity index (χ3n) is 3.02. The summed E-state index contributed by atoms with van der Waals surface area (Å²) in [6.07, 6.45) is 0. The van der Waals surface area contributed by atoms with Crippen LogP contribution in [0.3, 0.4) is 0 Å². The number of likely N-dealkylation sites (N-methyl/N-ethyl adjacent to an activating group) is 1. The van der Waals surface area contributed by atoms with Crippen molar-refractivity contribution in [3.63, 3.8) is 0 Å². The van der Waals surface area contributed by atoms with E-state index in [2.05, 4.69) is 0 Å². The highest BCUT2D eigenvalue weighted by Crippen LogP contribution is 2.21. The van der Waals surface area contributed by atoms with Gasteiger partial charge in [-0.15, -0.1) is 0 Å². The minimum absolute atomic E-state index is 0.0297. The number of nitrogens with two attached hydrogens (primary N) is 1. The van der Waals surface area contributed by atoms with Crippen LogP contribution in [0.2, 0.25) is 0 Å². The van der Waals surface area contributed by atoms with Gasteiger partial charge in [-0.25, -0.2) is 8.42 Å². The largest absolute Gasteiger partial charge is 0.389 e. The topological polar surface area (TPSA) is 83.6 Å². The quantitative estimate of drug-likeness (QED) is 0.771. The van der Waals surface area contributed by atoms with E-state index in [1.165, 1.54) is 10.4 Å². The van der Waals surface area contributed by atoms with Crippen LogP contribution >= 0.6 is 12.2 Å². The number of hydrogen-bond donors (Lipinski definition) is 2. The van der Waals surface area contributed by atoms with E-state index in [1.807, 2.05) is 0 Å². The summed E-state index contributed by atoms with van der Waals surface area (Å²) in [5, 5.41) is 9.86. The first-order chi connectivity index (χ1) is 9.49. The maximum absolute atomic E-state index is 12.6. The molecule has 0 amide bonds. The Morgan fingerprint density at radius 1 is 1.43 bits per heavy atom. The standard InChI is InChI=1S/C14H22N2O3S2/c1-5-16(9-14(3,4)17)21(18,19)11-6-7-12(13(15)20)10(2)8-11/h6-8,17H,5,9H2,1-4H3,(H2,15,20). The fraction of sp³-hybridized carbons (Fsp3) is 0.500. The SMILES string of the molecule is CCN(CC(C)(C)O)S(=O)(=O)c1ccc(C(N)=S)c(C)c1. The molecule has 7 heteroatoms. The molecule has 0 aliphatic heterocycles. The molecule has 1 rings (SSSR count). The number of nitrogens with zero attached hydrogens (tertiary/aromatic N) is 1. The molecular weight excluding hydrogens is 308 g/mol. The molecule has 0 aromatic heterocycles. The Bertz CT molecular complexity index is 634. The number of aryl methyl sites for hydroxylation is 1. The highest BCUT2D eigenvalue weighted by Gasteiger charge is 2.28. The molecule has 118 valence electrons. The lowest BCUT2D eigenvalue weighted by Gasteiger charge is -2.27. The lowest BCUT2D eigenvalue weighted by molar-refractivity contribution is 0.0601. The van der Waals surface area contributed by atoms with Gasteiger partial charge in [-0.05, 0) is 38.5 Å². The Balaban J connectivity index is 3.23. The molecular formula is C14H22N2O3S2. The van der Waals surface area contributed by atoms with Crippen LogP contribution in [0.1, 0.15) is 31.9 Å². The zero-order valence-corrected chi connectivity index (χ0v) is 14.4. The van der Waals surface area contributed by atoms with E-state index >= 15 is 0 Å². The van der Waals surface area contributed by atoms with E-state index in [0.29, 0.717) is 11.1 Å². The summed E-state index contributed by atoms with van der Waals surface area (Å²) in [6, 6.07) is 4.66. The Morgan fingerprint density at radius 3 is 2.38 bits per heavy atom. The summed E-state index contributed by atoms with van der Waals surface area (Å²) < 4.78 is 26.5. The van der Waals surface area contributed by atoms with E-state index in [4.69, 9.17) is 18.0 Å². The van der Waals surface area contributed by atoms with Gasteiger partial charge in [-0.2, -0.15) is 4.31 Å². The molecule has 0 radical (unpaired) electrons. The van der Waals surface area contributed by atoms with Crippen LogP contribution in [0.15, 0.2) is 23.1 Å². The second-order valence-electron chi connectivity index (χ2n) is 5.58. The van der Waals surface area contributed by atoms with Crippen molar-refractivity contribution in [1.29, 1.82) is 0 Å². The highest BCUT2D eigenvalue weighted by molar-refractivity contribution is 7.89. The molecule has 0 heterocycles. The van der Waals surface area contributed by atoms with Crippen LogP contribution in [0.25, 0.3) is 0 Å². The normalized spacial score (nSPS) is 12.7. The molecule has 0 spiro atoms. The smallest absolute Gasteiger partial charge is 0.243 e. The molecule has 3 N–H and O–H groups in total. The van der Waals surface area contributed by atoms with Crippen LogP contribution in [-0.4, -0.2) is 41.5 Å². The fourth-order valence-corrected chi connectivity index (χ4v) is 3.94. The van der Waals surface area contributed by atoms with Crippen LogP contribution < -0.4 is 5.73 Å². The van der Waals surface area contributed by atoms with Gasteiger partial charge < -0.3 is 10.8 Å². The van der Waals surface area contributed by atoms with Gasteiger partial charge >= 0.3 is 0 Å². The maximum Gasteiger partial charge on any atom is 0.243 e. The number of sulfonamides is 1. The Morgan fingerprint density at radius 2 is 2.00 bits per heavy atom. The lowest BCUT2D eigenvalue weighted by Crippen LogP contribution is -2.42. The molecule has 0 unspecified atom stereocenters. The summed E-state index contributed by atoms with van der Waals surface area (Å²) in [4.78, 5) is 0.409. The molecule has 0 saturated carbocycles. The summed E-state index contributed by atoms with van der Waals surface area (Å²) in [5.41, 5.74) is 5.85. The molecule has 5 nitrogen and oxygen atoms in total. The molecule has 1 aromatic carbocycles. The summed E-state index contributed by atoms with van der Waals surface area (Å²) in [6.45, 7) is 6.96. The minimum Gasteiger partial charge on any atom is -0.389 e. The lowest BCUT2D eigenvalue weighted by atomic mass is 10.1. The molecule has 0 bridgehead atoms. The number of hydrogen-bond acceptors (Lipinski definition) is 4. The van der Waals surface area contributed by atoms with Crippen molar-refractivity contribution in [3.8, 4) is 0 Å². The molecule has 21 heavy (non-hydrogen) atoms. The minimum atomic E-state index is -3.66. The Kier molecular flexibility index (Phi) is 5.49. The first-order valence-corrected chi connectivity index (χ1v) is 8.47. The van der Waals surface area contributed by atoms with Crippen LogP contribution in [-0.2, 0) is 10.0 Å². The number of thiocarbonyl (C=S) groups is 1. The predicted molar refractivity (Wildman–Crippen MR) is 87.8 cm³/mol. The average molecular weight is 330 g/mol. The van der Waals surface area contributed by atoms with Crippen molar-refractivity contribution >= 4 is 27.2 Å². The van der Waals surface area contributed by atoms with Crippen molar-refractivity contribution in [2.24, 2.45) is 5.73 Å². The first-order valence-electron chi connectivity index (χ1n) is 6.62. The number of rotatable bonds is 6. The van der Waals surface area contributed by atoms with Gasteiger partial charge in [0.05, 0.1) is 10.5 Å². The van der Waals surface area contributed by atoms with E-state index < -0.39 is 15.6 Å². The van der Waals surface area contributed by atoms with Gasteiger partial charge in [0, 0.05) is 18.7 Å². The van der Waals surface area contributed by atoms with Gasteiger partial charge in [0.1, 0.15) is 4.99 Å². The summed E-state index contributed by atoms with van der Waals surface area (Å²) in [5.74, 6) is 0. The van der Waals surface area contributed by atoms with Gasteiger partial charge in [0.2, 0.25) is 10.0 Å². The van der Waals surface area contributed by atoms with E-state index in [-0.39, 0.29) is 23.0 Å². The summed E-state index contributed by atoms with van der Waals surface area (Å²) in [7, 11) is -3.66. The molecule has 0 atom stereocenters. The number of benzene rings is 1. The molecule has 0 saturated heterocycles. The van der Waals surface area contributed by atoms with Crippen molar-refractivity contribution in [2.75, 3.05) is 13.1 Å². The molecule has 0 aliphatic carbocycles. The van der Waals surface area contributed by atoms with Crippen molar-refractivity contribution in [1.82, 2.24) is 4.31 Å². The zero-order valence-electron chi connectivity index (χ0n) is 12.8. The van der Waals surface area contributed by atoms with Gasteiger partial charge in [-0.3, -0.25) is 0 Å². The van der Waals surface area contributed by atoms with Crippen LogP contribution in [0.5, 0.6) is 0 Å². The van der Waals surface area contributed by atoms with Gasteiger partial charge in [-0.1, -0.05) is 25.2 Å². The monoisotopic (exact) mass is 330 g/mol.